The van der Waals surface area contributed by atoms with E-state index < -0.39 is 29.3 Å². The molecule has 1 aliphatic heterocycles. The van der Waals surface area contributed by atoms with E-state index in [1.165, 1.54) is 6.07 Å². The molecular formula is C11H11F2N3O2. The second kappa shape index (κ2) is 5.09. The zero-order valence-electron chi connectivity index (χ0n) is 9.30. The number of rotatable bonds is 2. The molecule has 2 amide bonds. The summed E-state index contributed by atoms with van der Waals surface area (Å²) in [7, 11) is 0. The molecule has 0 saturated carbocycles. The van der Waals surface area contributed by atoms with Crippen LogP contribution in [0.15, 0.2) is 18.2 Å². The average molecular weight is 255 g/mol. The number of hydrogen-bond acceptors (Lipinski definition) is 3. The quantitative estimate of drug-likeness (QED) is 0.696. The summed E-state index contributed by atoms with van der Waals surface area (Å²) in [6.45, 7) is 0.0819. The fourth-order valence-electron chi connectivity index (χ4n) is 1.58. The van der Waals surface area contributed by atoms with Crippen molar-refractivity contribution in [2.45, 2.75) is 6.04 Å². The first-order valence-corrected chi connectivity index (χ1v) is 5.33. The summed E-state index contributed by atoms with van der Waals surface area (Å²) >= 11 is 0. The molecule has 1 heterocycles. The smallest absolute Gasteiger partial charge is 0.243 e. The first-order valence-electron chi connectivity index (χ1n) is 5.33. The van der Waals surface area contributed by atoms with E-state index >= 15 is 0 Å². The molecule has 0 aliphatic carbocycles. The summed E-state index contributed by atoms with van der Waals surface area (Å²) in [4.78, 5) is 22.6. The zero-order chi connectivity index (χ0) is 13.1. The van der Waals surface area contributed by atoms with E-state index in [2.05, 4.69) is 16.0 Å². The van der Waals surface area contributed by atoms with Crippen LogP contribution < -0.4 is 16.0 Å². The summed E-state index contributed by atoms with van der Waals surface area (Å²) in [5, 5.41) is 7.30. The Morgan fingerprint density at radius 1 is 1.33 bits per heavy atom. The van der Waals surface area contributed by atoms with Gasteiger partial charge in [0.2, 0.25) is 11.8 Å². The molecule has 1 aromatic carbocycles. The van der Waals surface area contributed by atoms with Crippen molar-refractivity contribution in [2.24, 2.45) is 0 Å². The van der Waals surface area contributed by atoms with Gasteiger partial charge < -0.3 is 10.6 Å². The Bertz CT molecular complexity index is 463. The number of para-hydroxylation sites is 1. The van der Waals surface area contributed by atoms with Crippen LogP contribution in [-0.2, 0) is 9.59 Å². The molecule has 3 N–H and O–H groups in total. The molecule has 1 atom stereocenters. The zero-order valence-corrected chi connectivity index (χ0v) is 9.30. The standard InChI is InChI=1S/C11H11F2N3O2/c12-6-2-1-3-7(13)10(6)16-11(18)8-4-15-9(17)5-14-8/h1-3,8,14H,4-5H2,(H,15,17)(H,16,18). The van der Waals surface area contributed by atoms with Crippen molar-refractivity contribution in [3.05, 3.63) is 29.8 Å². The molecule has 1 aromatic rings. The van der Waals surface area contributed by atoms with Crippen molar-refractivity contribution in [1.82, 2.24) is 10.6 Å². The van der Waals surface area contributed by atoms with Gasteiger partial charge >= 0.3 is 0 Å². The summed E-state index contributed by atoms with van der Waals surface area (Å²) in [6, 6.07) is 2.60. The minimum Gasteiger partial charge on any atom is -0.353 e. The SMILES string of the molecule is O=C1CNC(C(=O)Nc2c(F)cccc2F)CN1. The lowest BCUT2D eigenvalue weighted by atomic mass is 10.2. The maximum Gasteiger partial charge on any atom is 0.243 e. The topological polar surface area (TPSA) is 70.2 Å². The highest BCUT2D eigenvalue weighted by molar-refractivity contribution is 5.96. The van der Waals surface area contributed by atoms with Crippen LogP contribution in [-0.4, -0.2) is 30.9 Å². The monoisotopic (exact) mass is 255 g/mol. The minimum absolute atomic E-state index is 0.00214. The largest absolute Gasteiger partial charge is 0.353 e. The first kappa shape index (κ1) is 12.4. The number of carbonyl (C=O) groups is 2. The average Bonchev–Trinajstić information content (AvgIpc) is 2.34. The van der Waals surface area contributed by atoms with Gasteiger partial charge in [-0.2, -0.15) is 0 Å². The van der Waals surface area contributed by atoms with Crippen molar-refractivity contribution in [3.63, 3.8) is 0 Å². The maximum atomic E-state index is 13.3. The van der Waals surface area contributed by atoms with E-state index in [0.717, 1.165) is 12.1 Å². The van der Waals surface area contributed by atoms with E-state index in [4.69, 9.17) is 0 Å². The van der Waals surface area contributed by atoms with Crippen molar-refractivity contribution in [2.75, 3.05) is 18.4 Å². The summed E-state index contributed by atoms with van der Waals surface area (Å²) < 4.78 is 26.6. The highest BCUT2D eigenvalue weighted by Gasteiger charge is 2.25. The van der Waals surface area contributed by atoms with Gasteiger partial charge in [0.15, 0.2) is 0 Å². The molecule has 1 aliphatic rings. The summed E-state index contributed by atoms with van der Waals surface area (Å²) in [5.74, 6) is -2.51. The number of nitrogens with one attached hydrogen (secondary N) is 3. The van der Waals surface area contributed by atoms with Gasteiger partial charge in [0.25, 0.3) is 0 Å². The predicted molar refractivity (Wildman–Crippen MR) is 59.8 cm³/mol. The Morgan fingerprint density at radius 3 is 2.56 bits per heavy atom. The lowest BCUT2D eigenvalue weighted by molar-refractivity contribution is -0.124. The second-order valence-electron chi connectivity index (χ2n) is 3.82. The van der Waals surface area contributed by atoms with Crippen molar-refractivity contribution in [3.8, 4) is 0 Å². The van der Waals surface area contributed by atoms with Crippen LogP contribution >= 0.6 is 0 Å². The molecular weight excluding hydrogens is 244 g/mol. The fraction of sp³-hybridized carbons (Fsp3) is 0.273. The van der Waals surface area contributed by atoms with Crippen LogP contribution in [0.2, 0.25) is 0 Å². The van der Waals surface area contributed by atoms with Crippen molar-refractivity contribution in [1.29, 1.82) is 0 Å². The second-order valence-corrected chi connectivity index (χ2v) is 3.82. The third kappa shape index (κ3) is 2.62. The van der Waals surface area contributed by atoms with E-state index in [9.17, 15) is 18.4 Å². The number of amides is 2. The maximum absolute atomic E-state index is 13.3. The number of carbonyl (C=O) groups excluding carboxylic acids is 2. The highest BCUT2D eigenvalue weighted by atomic mass is 19.1. The van der Waals surface area contributed by atoms with E-state index in [0.29, 0.717) is 0 Å². The first-order chi connectivity index (χ1) is 8.58. The van der Waals surface area contributed by atoms with Gasteiger partial charge in [0, 0.05) is 6.54 Å². The lowest BCUT2D eigenvalue weighted by Gasteiger charge is -2.23. The predicted octanol–water partition coefficient (Wildman–Crippen LogP) is -0.00870. The van der Waals surface area contributed by atoms with Crippen molar-refractivity contribution < 1.29 is 18.4 Å². The van der Waals surface area contributed by atoms with Crippen molar-refractivity contribution >= 4 is 17.5 Å². The molecule has 1 unspecified atom stereocenters. The molecule has 96 valence electrons. The number of benzene rings is 1. The summed E-state index contributed by atoms with van der Waals surface area (Å²) in [6.07, 6.45) is 0. The van der Waals surface area contributed by atoms with Crippen LogP contribution in [0.3, 0.4) is 0 Å². The molecule has 0 aromatic heterocycles. The highest BCUT2D eigenvalue weighted by Crippen LogP contribution is 2.18. The fourth-order valence-corrected chi connectivity index (χ4v) is 1.58. The number of hydrogen-bond donors (Lipinski definition) is 3. The van der Waals surface area contributed by atoms with Gasteiger partial charge in [-0.05, 0) is 12.1 Å². The minimum atomic E-state index is -0.844. The normalized spacial score (nSPS) is 19.2. The number of halogens is 2. The third-order valence-electron chi connectivity index (χ3n) is 2.54. The van der Waals surface area contributed by atoms with Gasteiger partial charge in [0.1, 0.15) is 23.4 Å². The van der Waals surface area contributed by atoms with Gasteiger partial charge in [-0.1, -0.05) is 6.07 Å². The Hall–Kier alpha value is -2.02. The molecule has 5 nitrogen and oxygen atoms in total. The van der Waals surface area contributed by atoms with E-state index in [1.54, 1.807) is 0 Å². The van der Waals surface area contributed by atoms with E-state index in [1.807, 2.05) is 0 Å². The number of anilines is 1. The van der Waals surface area contributed by atoms with Crippen LogP contribution in [0.4, 0.5) is 14.5 Å². The van der Waals surface area contributed by atoms with Crippen LogP contribution in [0.5, 0.6) is 0 Å². The Balaban J connectivity index is 2.05. The van der Waals surface area contributed by atoms with Crippen LogP contribution in [0.25, 0.3) is 0 Å². The Labute approximate surface area is 102 Å². The molecule has 2 rings (SSSR count). The molecule has 0 bridgehead atoms. The van der Waals surface area contributed by atoms with Gasteiger partial charge in [-0.15, -0.1) is 0 Å². The molecule has 0 spiro atoms. The Morgan fingerprint density at radius 2 is 2.00 bits per heavy atom. The molecule has 1 fully saturated rings. The number of piperazine rings is 1. The summed E-state index contributed by atoms with van der Waals surface area (Å²) in [5.41, 5.74) is -0.485. The van der Waals surface area contributed by atoms with Gasteiger partial charge in [-0.3, -0.25) is 14.9 Å². The lowest BCUT2D eigenvalue weighted by Crippen LogP contribution is -2.56. The van der Waals surface area contributed by atoms with E-state index in [-0.39, 0.29) is 19.0 Å². The van der Waals surface area contributed by atoms with Gasteiger partial charge in [-0.25, -0.2) is 8.78 Å². The van der Waals surface area contributed by atoms with Crippen LogP contribution in [0, 0.1) is 11.6 Å². The molecule has 0 radical (unpaired) electrons. The Kier molecular flexibility index (Phi) is 3.52. The molecule has 1 saturated heterocycles. The van der Waals surface area contributed by atoms with Crippen LogP contribution in [0.1, 0.15) is 0 Å². The molecule has 7 heteroatoms. The third-order valence-corrected chi connectivity index (χ3v) is 2.54. The van der Waals surface area contributed by atoms with Gasteiger partial charge in [0.05, 0.1) is 6.54 Å². The molecule has 18 heavy (non-hydrogen) atoms.